The molecular weight excluding hydrogens is 350 g/mol. The Kier molecular flexibility index (Phi) is 3.46. The highest BCUT2D eigenvalue weighted by atomic mass is 32.2. The van der Waals surface area contributed by atoms with Gasteiger partial charge in [-0.25, -0.2) is 14.0 Å². The number of carbonyl (C=O) groups is 2. The third-order valence-electron chi connectivity index (χ3n) is 3.99. The molecule has 0 N–H and O–H groups in total. The topological polar surface area (TPSA) is 118 Å². The number of hydrogen-bond acceptors (Lipinski definition) is 9. The minimum atomic E-state index is -1.21. The van der Waals surface area contributed by atoms with Crippen molar-refractivity contribution in [2.75, 3.05) is 14.2 Å². The van der Waals surface area contributed by atoms with E-state index in [1.54, 1.807) is 0 Å². The van der Waals surface area contributed by atoms with E-state index in [-0.39, 0.29) is 0 Å². The number of hydrogen-bond donors (Lipinski definition) is 0. The van der Waals surface area contributed by atoms with Crippen molar-refractivity contribution in [3.05, 3.63) is 28.8 Å². The van der Waals surface area contributed by atoms with Crippen molar-refractivity contribution in [3.63, 3.8) is 0 Å². The second-order valence-electron chi connectivity index (χ2n) is 5.22. The Hall–Kier alpha value is -2.95. The van der Waals surface area contributed by atoms with Crippen LogP contribution in [0.1, 0.15) is 6.04 Å². The molecule has 3 aromatic heterocycles. The molecule has 0 spiro atoms. The van der Waals surface area contributed by atoms with E-state index >= 15 is 0 Å². The number of pyridine rings is 1. The van der Waals surface area contributed by atoms with E-state index in [1.165, 1.54) is 37.2 Å². The van der Waals surface area contributed by atoms with Gasteiger partial charge in [-0.15, -0.1) is 10.2 Å². The van der Waals surface area contributed by atoms with E-state index < -0.39 is 28.8 Å². The van der Waals surface area contributed by atoms with Gasteiger partial charge in [0, 0.05) is 12.4 Å². The minimum Gasteiger partial charge on any atom is -0.468 e. The fourth-order valence-corrected chi connectivity index (χ4v) is 4.01. The standard InChI is InChI=1S/C14H11N5O5S/c1-23-12(21)8-9(13(22)24-2)25-14-17-16-10-7-5-15-4-3-6(7)11(20)18(8)19(10)14/h3-5,8-9H,1-2H3/t8-,9-/m1/s1. The van der Waals surface area contributed by atoms with Crippen LogP contribution in [0.2, 0.25) is 0 Å². The maximum Gasteiger partial charge on any atom is 0.332 e. The Balaban J connectivity index is 2.13. The SMILES string of the molecule is COC(=O)[C@@H]1Sc2nnc3c4cnccc4c(=O)n(n23)[C@H]1C(=O)OC. The lowest BCUT2D eigenvalue weighted by Gasteiger charge is -2.29. The first-order chi connectivity index (χ1) is 12.1. The third kappa shape index (κ3) is 2.05. The molecule has 0 amide bonds. The quantitative estimate of drug-likeness (QED) is 0.572. The summed E-state index contributed by atoms with van der Waals surface area (Å²) in [5, 5.41) is 8.21. The highest BCUT2D eigenvalue weighted by Crippen LogP contribution is 2.36. The molecule has 10 nitrogen and oxygen atoms in total. The summed E-state index contributed by atoms with van der Waals surface area (Å²) in [7, 11) is 2.40. The molecule has 0 fully saturated rings. The summed E-state index contributed by atoms with van der Waals surface area (Å²) in [4.78, 5) is 41.6. The van der Waals surface area contributed by atoms with Gasteiger partial charge in [0.15, 0.2) is 11.7 Å². The fourth-order valence-electron chi connectivity index (χ4n) is 2.87. The van der Waals surface area contributed by atoms with Gasteiger partial charge in [0.2, 0.25) is 5.16 Å². The van der Waals surface area contributed by atoms with Gasteiger partial charge in [0.25, 0.3) is 5.56 Å². The predicted molar refractivity (Wildman–Crippen MR) is 85.3 cm³/mol. The molecule has 25 heavy (non-hydrogen) atoms. The summed E-state index contributed by atoms with van der Waals surface area (Å²) in [6, 6.07) is 0.317. The molecule has 3 aromatic rings. The number of methoxy groups -OCH3 is 2. The Bertz CT molecular complexity index is 1090. The van der Waals surface area contributed by atoms with Crippen LogP contribution in [0.25, 0.3) is 16.4 Å². The lowest BCUT2D eigenvalue weighted by atomic mass is 10.2. The largest absolute Gasteiger partial charge is 0.468 e. The molecule has 0 aliphatic carbocycles. The van der Waals surface area contributed by atoms with E-state index in [9.17, 15) is 14.4 Å². The van der Waals surface area contributed by atoms with Gasteiger partial charge < -0.3 is 9.47 Å². The van der Waals surface area contributed by atoms with Crippen LogP contribution in [0.3, 0.4) is 0 Å². The van der Waals surface area contributed by atoms with Gasteiger partial charge in [-0.3, -0.25) is 14.6 Å². The Morgan fingerprint density at radius 1 is 1.16 bits per heavy atom. The van der Waals surface area contributed by atoms with Crippen molar-refractivity contribution >= 4 is 40.1 Å². The van der Waals surface area contributed by atoms with Crippen molar-refractivity contribution in [1.29, 1.82) is 0 Å². The molecule has 4 rings (SSSR count). The molecule has 0 saturated heterocycles. The molecule has 0 radical (unpaired) electrons. The van der Waals surface area contributed by atoms with Gasteiger partial charge in [-0.1, -0.05) is 11.8 Å². The number of ether oxygens (including phenoxy) is 2. The van der Waals surface area contributed by atoms with Crippen LogP contribution in [0.4, 0.5) is 0 Å². The average molecular weight is 361 g/mol. The second-order valence-corrected chi connectivity index (χ2v) is 6.33. The first-order valence-corrected chi connectivity index (χ1v) is 8.02. The zero-order valence-corrected chi connectivity index (χ0v) is 13.9. The molecule has 0 bridgehead atoms. The molecule has 4 heterocycles. The summed E-state index contributed by atoms with van der Waals surface area (Å²) in [6.07, 6.45) is 2.97. The van der Waals surface area contributed by atoms with Crippen molar-refractivity contribution in [3.8, 4) is 0 Å². The van der Waals surface area contributed by atoms with E-state index in [4.69, 9.17) is 9.47 Å². The van der Waals surface area contributed by atoms with Crippen LogP contribution in [0.5, 0.6) is 0 Å². The number of carbonyl (C=O) groups excluding carboxylic acids is 2. The average Bonchev–Trinajstić information content (AvgIpc) is 3.08. The zero-order chi connectivity index (χ0) is 17.7. The molecule has 0 saturated carbocycles. The predicted octanol–water partition coefficient (Wildman–Crippen LogP) is -0.199. The summed E-state index contributed by atoms with van der Waals surface area (Å²) in [5.41, 5.74) is -0.113. The highest BCUT2D eigenvalue weighted by molar-refractivity contribution is 8.00. The summed E-state index contributed by atoms with van der Waals surface area (Å²) < 4.78 is 12.2. The smallest absolute Gasteiger partial charge is 0.332 e. The van der Waals surface area contributed by atoms with Gasteiger partial charge in [-0.05, 0) is 6.07 Å². The van der Waals surface area contributed by atoms with Crippen LogP contribution >= 0.6 is 11.8 Å². The lowest BCUT2D eigenvalue weighted by Crippen LogP contribution is -2.46. The summed E-state index contributed by atoms with van der Waals surface area (Å²) >= 11 is 0.992. The number of fused-ring (bicyclic) bond motifs is 2. The molecule has 0 unspecified atom stereocenters. The summed E-state index contributed by atoms with van der Waals surface area (Å²) in [6.45, 7) is 0. The fraction of sp³-hybridized carbons (Fsp3) is 0.286. The van der Waals surface area contributed by atoms with E-state index in [0.29, 0.717) is 21.6 Å². The van der Waals surface area contributed by atoms with Gasteiger partial charge in [0.05, 0.1) is 25.0 Å². The van der Waals surface area contributed by atoms with Crippen molar-refractivity contribution in [1.82, 2.24) is 24.4 Å². The second kappa shape index (κ2) is 5.55. The van der Waals surface area contributed by atoms with Crippen LogP contribution in [0.15, 0.2) is 28.4 Å². The first kappa shape index (κ1) is 15.6. The minimum absolute atomic E-state index is 0.299. The van der Waals surface area contributed by atoms with Gasteiger partial charge in [0.1, 0.15) is 5.25 Å². The van der Waals surface area contributed by atoms with Gasteiger partial charge >= 0.3 is 11.9 Å². The highest BCUT2D eigenvalue weighted by Gasteiger charge is 2.44. The first-order valence-electron chi connectivity index (χ1n) is 7.14. The molecule has 2 atom stereocenters. The number of aromatic nitrogens is 5. The number of esters is 2. The number of nitrogens with zero attached hydrogens (tertiary/aromatic N) is 5. The van der Waals surface area contributed by atoms with Crippen molar-refractivity contribution in [2.24, 2.45) is 0 Å². The Morgan fingerprint density at radius 2 is 1.92 bits per heavy atom. The van der Waals surface area contributed by atoms with Crippen LogP contribution in [-0.4, -0.2) is 55.8 Å². The monoisotopic (exact) mass is 361 g/mol. The normalized spacial score (nSPS) is 19.1. The van der Waals surface area contributed by atoms with Crippen molar-refractivity contribution < 1.29 is 19.1 Å². The van der Waals surface area contributed by atoms with Crippen LogP contribution in [-0.2, 0) is 19.1 Å². The molecular formula is C14H11N5O5S. The zero-order valence-electron chi connectivity index (χ0n) is 13.1. The molecule has 1 aliphatic rings. The molecule has 11 heteroatoms. The molecule has 1 aliphatic heterocycles. The Morgan fingerprint density at radius 3 is 2.64 bits per heavy atom. The molecule has 128 valence electrons. The van der Waals surface area contributed by atoms with Crippen LogP contribution < -0.4 is 5.56 Å². The van der Waals surface area contributed by atoms with Crippen molar-refractivity contribution in [2.45, 2.75) is 16.4 Å². The maximum absolute atomic E-state index is 13.0. The third-order valence-corrected chi connectivity index (χ3v) is 5.16. The van der Waals surface area contributed by atoms with Gasteiger partial charge in [-0.2, -0.15) is 0 Å². The van der Waals surface area contributed by atoms with Crippen LogP contribution in [0, 0.1) is 0 Å². The number of thioether (sulfide) groups is 1. The maximum atomic E-state index is 13.0. The summed E-state index contributed by atoms with van der Waals surface area (Å²) in [5.74, 6) is -1.40. The molecule has 0 aromatic carbocycles. The lowest BCUT2D eigenvalue weighted by molar-refractivity contribution is -0.151. The van der Waals surface area contributed by atoms with E-state index in [2.05, 4.69) is 15.2 Å². The van der Waals surface area contributed by atoms with E-state index in [0.717, 1.165) is 16.4 Å². The van der Waals surface area contributed by atoms with E-state index in [1.807, 2.05) is 0 Å². The number of rotatable bonds is 2. The Labute approximate surface area is 143 Å².